The molecule has 8 heteroatoms. The van der Waals surface area contributed by atoms with Crippen molar-refractivity contribution in [2.45, 2.75) is 32.0 Å². The first kappa shape index (κ1) is 18.8. The number of aryl methyl sites for hydroxylation is 1. The molecule has 156 valence electrons. The third-order valence-corrected chi connectivity index (χ3v) is 6.94. The normalized spacial score (nSPS) is 25.2. The standard InChI is InChI=1S/C21H26F2N4O2/c1-11-6-26-13(7-24(11)3)8-27(14-9-29-10-14)20-19(26)15-5-16(22)12(2)17(23)18(15)25(4)21(20)28/h5,11,13-14H,6-10H2,1-4H3. The summed E-state index contributed by atoms with van der Waals surface area (Å²) in [5.74, 6) is -1.25. The van der Waals surface area contributed by atoms with Crippen molar-refractivity contribution < 1.29 is 13.5 Å². The van der Waals surface area contributed by atoms with Crippen LogP contribution in [0.15, 0.2) is 10.9 Å². The molecule has 2 fully saturated rings. The lowest BCUT2D eigenvalue weighted by molar-refractivity contribution is 0.00640. The Bertz CT molecular complexity index is 1070. The molecular weight excluding hydrogens is 378 g/mol. The lowest BCUT2D eigenvalue weighted by Gasteiger charge is -2.53. The van der Waals surface area contributed by atoms with Crippen molar-refractivity contribution in [3.05, 3.63) is 33.6 Å². The molecule has 4 heterocycles. The summed E-state index contributed by atoms with van der Waals surface area (Å²) in [6, 6.07) is 1.93. The number of ether oxygens (including phenoxy) is 1. The van der Waals surface area contributed by atoms with E-state index < -0.39 is 11.6 Å². The van der Waals surface area contributed by atoms with Crippen molar-refractivity contribution in [1.82, 2.24) is 9.47 Å². The molecule has 0 aliphatic carbocycles. The maximum atomic E-state index is 15.1. The Balaban J connectivity index is 1.85. The molecule has 0 saturated carbocycles. The van der Waals surface area contributed by atoms with Gasteiger partial charge in [0.25, 0.3) is 5.56 Å². The van der Waals surface area contributed by atoms with E-state index >= 15 is 4.39 Å². The van der Waals surface area contributed by atoms with Gasteiger partial charge in [-0.25, -0.2) is 8.78 Å². The molecule has 3 aliphatic rings. The van der Waals surface area contributed by atoms with Crippen LogP contribution in [-0.2, 0) is 11.8 Å². The van der Waals surface area contributed by atoms with E-state index in [1.807, 2.05) is 0 Å². The van der Waals surface area contributed by atoms with Gasteiger partial charge in [-0.2, -0.15) is 0 Å². The van der Waals surface area contributed by atoms with Crippen molar-refractivity contribution in [3.8, 4) is 0 Å². The molecule has 29 heavy (non-hydrogen) atoms. The fourth-order valence-corrected chi connectivity index (χ4v) is 4.92. The molecule has 0 bridgehead atoms. The number of hydrogen-bond donors (Lipinski definition) is 0. The number of aromatic nitrogens is 1. The first-order valence-electron chi connectivity index (χ1n) is 10.1. The van der Waals surface area contributed by atoms with E-state index in [4.69, 9.17) is 4.74 Å². The number of halogens is 2. The zero-order valence-corrected chi connectivity index (χ0v) is 17.2. The van der Waals surface area contributed by atoms with Crippen LogP contribution < -0.4 is 15.4 Å². The van der Waals surface area contributed by atoms with Gasteiger partial charge in [0.2, 0.25) is 0 Å². The van der Waals surface area contributed by atoms with Crippen LogP contribution in [0.2, 0.25) is 0 Å². The fourth-order valence-electron chi connectivity index (χ4n) is 4.92. The Morgan fingerprint density at radius 3 is 2.38 bits per heavy atom. The predicted molar refractivity (Wildman–Crippen MR) is 109 cm³/mol. The molecular formula is C21H26F2N4O2. The lowest BCUT2D eigenvalue weighted by atomic mass is 9.96. The van der Waals surface area contributed by atoms with E-state index in [9.17, 15) is 9.18 Å². The van der Waals surface area contributed by atoms with Crippen LogP contribution in [0.1, 0.15) is 12.5 Å². The summed E-state index contributed by atoms with van der Waals surface area (Å²) >= 11 is 0. The van der Waals surface area contributed by atoms with Gasteiger partial charge in [0, 0.05) is 43.7 Å². The number of anilines is 2. The number of rotatable bonds is 1. The van der Waals surface area contributed by atoms with Gasteiger partial charge in [-0.1, -0.05) is 0 Å². The molecule has 3 aliphatic heterocycles. The smallest absolute Gasteiger partial charge is 0.276 e. The Kier molecular flexibility index (Phi) is 4.15. The van der Waals surface area contributed by atoms with Crippen molar-refractivity contribution in [2.24, 2.45) is 7.05 Å². The van der Waals surface area contributed by atoms with Crippen LogP contribution in [0.5, 0.6) is 0 Å². The van der Waals surface area contributed by atoms with Crippen LogP contribution in [0.4, 0.5) is 20.2 Å². The number of piperazine rings is 1. The summed E-state index contributed by atoms with van der Waals surface area (Å²) in [5, 5.41) is 0.467. The van der Waals surface area contributed by atoms with Gasteiger partial charge in [0.05, 0.1) is 36.5 Å². The quantitative estimate of drug-likeness (QED) is 0.726. The second-order valence-corrected chi connectivity index (χ2v) is 8.69. The van der Waals surface area contributed by atoms with Crippen LogP contribution in [0, 0.1) is 18.6 Å². The largest absolute Gasteiger partial charge is 0.377 e. The summed E-state index contributed by atoms with van der Waals surface area (Å²) in [6.07, 6.45) is 0. The van der Waals surface area contributed by atoms with Gasteiger partial charge in [0.15, 0.2) is 5.82 Å². The second-order valence-electron chi connectivity index (χ2n) is 8.69. The minimum atomic E-state index is -0.662. The van der Waals surface area contributed by atoms with Gasteiger partial charge in [-0.3, -0.25) is 9.69 Å². The second kappa shape index (κ2) is 6.40. The van der Waals surface area contributed by atoms with Crippen LogP contribution in [0.3, 0.4) is 0 Å². The van der Waals surface area contributed by atoms with E-state index in [1.54, 1.807) is 7.05 Å². The Labute approximate surface area is 168 Å². The number of hydrogen-bond acceptors (Lipinski definition) is 5. The van der Waals surface area contributed by atoms with Crippen LogP contribution >= 0.6 is 0 Å². The SMILES string of the molecule is Cc1c(F)cc2c3c(c(=O)n(C)c2c1F)N(C1COC1)CC1CN(C)C(C)CN31. The molecule has 5 rings (SSSR count). The lowest BCUT2D eigenvalue weighted by Crippen LogP contribution is -2.65. The Morgan fingerprint density at radius 1 is 1.03 bits per heavy atom. The molecule has 2 unspecified atom stereocenters. The van der Waals surface area contributed by atoms with E-state index in [0.29, 0.717) is 43.1 Å². The van der Waals surface area contributed by atoms with Gasteiger partial charge in [-0.05, 0) is 27.0 Å². The third-order valence-electron chi connectivity index (χ3n) is 6.94. The van der Waals surface area contributed by atoms with Gasteiger partial charge < -0.3 is 19.1 Å². The third kappa shape index (κ3) is 2.55. The highest BCUT2D eigenvalue weighted by Crippen LogP contribution is 2.43. The van der Waals surface area contributed by atoms with Crippen LogP contribution in [-0.4, -0.2) is 67.5 Å². The molecule has 2 aromatic rings. The van der Waals surface area contributed by atoms with Crippen molar-refractivity contribution in [1.29, 1.82) is 0 Å². The Morgan fingerprint density at radius 2 is 1.72 bits per heavy atom. The Hall–Kier alpha value is -2.19. The number of benzene rings is 1. The van der Waals surface area contributed by atoms with E-state index in [-0.39, 0.29) is 34.8 Å². The highest BCUT2D eigenvalue weighted by Gasteiger charge is 2.43. The molecule has 6 nitrogen and oxygen atoms in total. The average molecular weight is 404 g/mol. The maximum Gasteiger partial charge on any atom is 0.276 e. The van der Waals surface area contributed by atoms with Crippen molar-refractivity contribution in [2.75, 3.05) is 49.7 Å². The maximum absolute atomic E-state index is 15.1. The highest BCUT2D eigenvalue weighted by atomic mass is 19.1. The minimum absolute atomic E-state index is 0.0594. The number of likely N-dealkylation sites (N-methyl/N-ethyl adjacent to an activating group) is 1. The first-order valence-corrected chi connectivity index (χ1v) is 10.1. The molecule has 1 aromatic heterocycles. The van der Waals surface area contributed by atoms with Gasteiger partial charge in [0.1, 0.15) is 11.5 Å². The predicted octanol–water partition coefficient (Wildman–Crippen LogP) is 1.85. The van der Waals surface area contributed by atoms with Crippen LogP contribution in [0.25, 0.3) is 10.9 Å². The summed E-state index contributed by atoms with van der Waals surface area (Å²) < 4.78 is 36.5. The summed E-state index contributed by atoms with van der Waals surface area (Å²) in [5.41, 5.74) is 1.09. The molecule has 2 atom stereocenters. The van der Waals surface area contributed by atoms with E-state index in [1.165, 1.54) is 17.6 Å². The fraction of sp³-hybridized carbons (Fsp3) is 0.571. The molecule has 2 saturated heterocycles. The summed E-state index contributed by atoms with van der Waals surface area (Å²) in [7, 11) is 3.67. The van der Waals surface area contributed by atoms with Crippen molar-refractivity contribution >= 4 is 22.3 Å². The average Bonchev–Trinajstić information content (AvgIpc) is 2.63. The first-order chi connectivity index (χ1) is 13.8. The van der Waals surface area contributed by atoms with E-state index in [2.05, 4.69) is 28.7 Å². The van der Waals surface area contributed by atoms with Gasteiger partial charge >= 0.3 is 0 Å². The number of pyridine rings is 1. The summed E-state index contributed by atoms with van der Waals surface area (Å²) in [4.78, 5) is 20.1. The highest BCUT2D eigenvalue weighted by molar-refractivity contribution is 6.00. The summed E-state index contributed by atoms with van der Waals surface area (Å²) in [6.45, 7) is 6.92. The zero-order valence-electron chi connectivity index (χ0n) is 17.2. The van der Waals surface area contributed by atoms with E-state index in [0.717, 1.165) is 6.54 Å². The number of fused-ring (bicyclic) bond motifs is 5. The minimum Gasteiger partial charge on any atom is -0.377 e. The molecule has 0 spiro atoms. The molecule has 1 aromatic carbocycles. The van der Waals surface area contributed by atoms with Crippen molar-refractivity contribution in [3.63, 3.8) is 0 Å². The number of nitrogens with zero attached hydrogens (tertiary/aromatic N) is 4. The zero-order chi connectivity index (χ0) is 20.6. The molecule has 0 N–H and O–H groups in total. The molecule has 0 radical (unpaired) electrons. The molecule has 0 amide bonds. The topological polar surface area (TPSA) is 41.0 Å². The van der Waals surface area contributed by atoms with Gasteiger partial charge in [-0.15, -0.1) is 0 Å². The monoisotopic (exact) mass is 404 g/mol.